The number of terminal acetylenes is 1. The number of aryl methyl sites for hydroxylation is 1. The van der Waals surface area contributed by atoms with Crippen LogP contribution in [0.3, 0.4) is 0 Å². The van der Waals surface area contributed by atoms with Crippen LogP contribution in [0.25, 0.3) is 0 Å². The maximum Gasteiger partial charge on any atom is 0.417 e. The Bertz CT molecular complexity index is 1340. The Morgan fingerprint density at radius 1 is 1.10 bits per heavy atom. The van der Waals surface area contributed by atoms with Gasteiger partial charge in [0.25, 0.3) is 0 Å². The lowest BCUT2D eigenvalue weighted by Gasteiger charge is -2.33. The van der Waals surface area contributed by atoms with Crippen molar-refractivity contribution in [2.24, 2.45) is 0 Å². The number of rotatable bonds is 7. The standard InChI is InChI=1S/C27H24F3N5OS.C2H6/c1-3-9-34-10-12-35(13-11-34)26-32-17-24(25(33-26)36-18-20-6-4-5-19(2)14-20)37-22-8-7-21(16-31)23(15-22)27(28,29)30;1-2/h1,4-8,14-15,17H,9-13,18H2,2H3;1-2H3. The summed E-state index contributed by atoms with van der Waals surface area (Å²) >= 11 is 1.06. The van der Waals surface area contributed by atoms with Gasteiger partial charge in [0, 0.05) is 31.1 Å². The second kappa shape index (κ2) is 13.9. The summed E-state index contributed by atoms with van der Waals surface area (Å²) in [5.74, 6) is 3.42. The van der Waals surface area contributed by atoms with E-state index >= 15 is 0 Å². The molecular weight excluding hydrogens is 523 g/mol. The highest BCUT2D eigenvalue weighted by Gasteiger charge is 2.34. The van der Waals surface area contributed by atoms with E-state index in [0.717, 1.165) is 42.0 Å². The van der Waals surface area contributed by atoms with Gasteiger partial charge >= 0.3 is 6.18 Å². The lowest BCUT2D eigenvalue weighted by molar-refractivity contribution is -0.137. The zero-order valence-corrected chi connectivity index (χ0v) is 22.9. The van der Waals surface area contributed by atoms with Gasteiger partial charge in [-0.3, -0.25) is 4.90 Å². The highest BCUT2D eigenvalue weighted by Crippen LogP contribution is 2.39. The van der Waals surface area contributed by atoms with Crippen LogP contribution < -0.4 is 9.64 Å². The van der Waals surface area contributed by atoms with Gasteiger partial charge in [0.2, 0.25) is 11.8 Å². The van der Waals surface area contributed by atoms with Gasteiger partial charge in [-0.2, -0.15) is 23.4 Å². The Balaban J connectivity index is 0.00000205. The molecule has 0 bridgehead atoms. The Morgan fingerprint density at radius 2 is 1.85 bits per heavy atom. The minimum absolute atomic E-state index is 0.239. The second-order valence-corrected chi connectivity index (χ2v) is 9.62. The van der Waals surface area contributed by atoms with Crippen LogP contribution in [-0.2, 0) is 12.8 Å². The van der Waals surface area contributed by atoms with Gasteiger partial charge < -0.3 is 9.64 Å². The predicted molar refractivity (Wildman–Crippen MR) is 147 cm³/mol. The minimum atomic E-state index is -4.64. The SMILES string of the molecule is C#CCN1CCN(c2ncc(Sc3ccc(C#N)c(C(F)(F)F)c3)c(OCc3cccc(C)c3)n2)CC1.CC. The number of ether oxygens (including phenoxy) is 1. The molecule has 1 aliphatic rings. The van der Waals surface area contributed by atoms with Crippen LogP contribution in [0.15, 0.2) is 58.5 Å². The molecule has 0 saturated carbocycles. The van der Waals surface area contributed by atoms with Crippen molar-refractivity contribution < 1.29 is 17.9 Å². The average Bonchev–Trinajstić information content (AvgIpc) is 2.94. The van der Waals surface area contributed by atoms with Crippen LogP contribution in [0.5, 0.6) is 5.88 Å². The molecule has 2 aromatic carbocycles. The van der Waals surface area contributed by atoms with E-state index in [1.54, 1.807) is 12.3 Å². The molecular formula is C29H30F3N5OS. The largest absolute Gasteiger partial charge is 0.472 e. The fourth-order valence-electron chi connectivity index (χ4n) is 3.91. The van der Waals surface area contributed by atoms with Crippen molar-refractivity contribution in [2.75, 3.05) is 37.6 Å². The quantitative estimate of drug-likeness (QED) is 0.324. The first-order chi connectivity index (χ1) is 18.8. The lowest BCUT2D eigenvalue weighted by atomic mass is 10.1. The number of halogens is 3. The molecule has 0 spiro atoms. The van der Waals surface area contributed by atoms with E-state index < -0.39 is 17.3 Å². The Morgan fingerprint density at radius 3 is 2.49 bits per heavy atom. The molecule has 0 atom stereocenters. The fourth-order valence-corrected chi connectivity index (χ4v) is 4.77. The van der Waals surface area contributed by atoms with Gasteiger partial charge in [0.15, 0.2) is 0 Å². The van der Waals surface area contributed by atoms with Crippen LogP contribution in [-0.4, -0.2) is 47.6 Å². The fraction of sp³-hybridized carbons (Fsp3) is 0.345. The van der Waals surface area contributed by atoms with Crippen molar-refractivity contribution in [3.8, 4) is 24.3 Å². The molecule has 1 aromatic heterocycles. The predicted octanol–water partition coefficient (Wildman–Crippen LogP) is 6.19. The van der Waals surface area contributed by atoms with E-state index in [4.69, 9.17) is 16.4 Å². The molecule has 3 aromatic rings. The summed E-state index contributed by atoms with van der Waals surface area (Å²) in [5, 5.41) is 9.09. The lowest BCUT2D eigenvalue weighted by Crippen LogP contribution is -2.47. The Labute approximate surface area is 231 Å². The maximum absolute atomic E-state index is 13.5. The number of hydrogen-bond acceptors (Lipinski definition) is 7. The van der Waals surface area contributed by atoms with E-state index in [1.807, 2.05) is 49.9 Å². The van der Waals surface area contributed by atoms with Gasteiger partial charge in [-0.25, -0.2) is 4.98 Å². The topological polar surface area (TPSA) is 65.3 Å². The van der Waals surface area contributed by atoms with Crippen LogP contribution in [0.4, 0.5) is 19.1 Å². The summed E-state index contributed by atoms with van der Waals surface area (Å²) in [5.41, 5.74) is 0.617. The number of benzene rings is 2. The normalized spacial score (nSPS) is 13.6. The summed E-state index contributed by atoms with van der Waals surface area (Å²) < 4.78 is 46.5. The van der Waals surface area contributed by atoms with Gasteiger partial charge in [-0.15, -0.1) is 6.42 Å². The van der Waals surface area contributed by atoms with E-state index in [1.165, 1.54) is 12.1 Å². The van der Waals surface area contributed by atoms with Gasteiger partial charge in [-0.1, -0.05) is 61.4 Å². The highest BCUT2D eigenvalue weighted by molar-refractivity contribution is 7.99. The number of piperazine rings is 1. The van der Waals surface area contributed by atoms with E-state index in [0.29, 0.717) is 35.4 Å². The van der Waals surface area contributed by atoms with Gasteiger partial charge in [-0.05, 0) is 30.7 Å². The van der Waals surface area contributed by atoms with Gasteiger partial charge in [0.1, 0.15) is 6.61 Å². The van der Waals surface area contributed by atoms with E-state index in [-0.39, 0.29) is 12.5 Å². The summed E-state index contributed by atoms with van der Waals surface area (Å²) in [6.45, 7) is 9.73. The average molecular weight is 554 g/mol. The Hall–Kier alpha value is -3.73. The molecule has 0 N–H and O–H groups in total. The van der Waals surface area contributed by atoms with Crippen molar-refractivity contribution in [3.63, 3.8) is 0 Å². The van der Waals surface area contributed by atoms with E-state index in [2.05, 4.69) is 20.8 Å². The van der Waals surface area contributed by atoms with Gasteiger partial charge in [0.05, 0.1) is 34.8 Å². The molecule has 2 heterocycles. The highest BCUT2D eigenvalue weighted by atomic mass is 32.2. The summed E-state index contributed by atoms with van der Waals surface area (Å²) in [4.78, 5) is 14.1. The monoisotopic (exact) mass is 553 g/mol. The Kier molecular flexibility index (Phi) is 10.6. The summed E-state index contributed by atoms with van der Waals surface area (Å²) in [6, 6.07) is 13.1. The van der Waals surface area contributed by atoms with Crippen LogP contribution in [0.2, 0.25) is 0 Å². The van der Waals surface area contributed by atoms with Crippen molar-refractivity contribution in [2.45, 2.75) is 43.3 Å². The van der Waals surface area contributed by atoms with Crippen LogP contribution in [0.1, 0.15) is 36.1 Å². The smallest absolute Gasteiger partial charge is 0.417 e. The third-order valence-corrected chi connectivity index (χ3v) is 6.77. The molecule has 0 amide bonds. The summed E-state index contributed by atoms with van der Waals surface area (Å²) in [6.07, 6.45) is 2.34. The number of aromatic nitrogens is 2. The molecule has 10 heteroatoms. The van der Waals surface area contributed by atoms with Crippen molar-refractivity contribution in [3.05, 3.63) is 70.9 Å². The maximum atomic E-state index is 13.5. The van der Waals surface area contributed by atoms with Crippen molar-refractivity contribution >= 4 is 17.7 Å². The first-order valence-corrected chi connectivity index (χ1v) is 13.3. The second-order valence-electron chi connectivity index (χ2n) is 8.50. The molecule has 39 heavy (non-hydrogen) atoms. The van der Waals surface area contributed by atoms with Crippen molar-refractivity contribution in [1.82, 2.24) is 14.9 Å². The summed E-state index contributed by atoms with van der Waals surface area (Å²) in [7, 11) is 0. The number of nitrogens with zero attached hydrogens (tertiary/aromatic N) is 5. The molecule has 0 aliphatic carbocycles. The molecule has 4 rings (SSSR count). The molecule has 6 nitrogen and oxygen atoms in total. The first-order valence-electron chi connectivity index (χ1n) is 12.5. The van der Waals surface area contributed by atoms with Crippen LogP contribution >= 0.6 is 11.8 Å². The zero-order valence-electron chi connectivity index (χ0n) is 22.1. The third-order valence-electron chi connectivity index (χ3n) is 5.78. The number of anilines is 1. The molecule has 204 valence electrons. The zero-order chi connectivity index (χ0) is 28.4. The van der Waals surface area contributed by atoms with Crippen LogP contribution in [0, 0.1) is 30.6 Å². The molecule has 1 fully saturated rings. The number of alkyl halides is 3. The molecule has 0 unspecified atom stereocenters. The minimum Gasteiger partial charge on any atom is -0.472 e. The number of hydrogen-bond donors (Lipinski definition) is 0. The third kappa shape index (κ3) is 8.13. The first kappa shape index (κ1) is 29.8. The molecule has 1 aliphatic heterocycles. The molecule has 1 saturated heterocycles. The van der Waals surface area contributed by atoms with E-state index in [9.17, 15) is 13.2 Å². The van der Waals surface area contributed by atoms with Crippen molar-refractivity contribution in [1.29, 1.82) is 5.26 Å². The molecule has 0 radical (unpaired) electrons. The number of nitriles is 1.